The summed E-state index contributed by atoms with van der Waals surface area (Å²) in [6.45, 7) is 5.00. The highest BCUT2D eigenvalue weighted by Crippen LogP contribution is 2.29. The highest BCUT2D eigenvalue weighted by atomic mass is 16.5. The molecule has 0 aliphatic rings. The van der Waals surface area contributed by atoms with Crippen molar-refractivity contribution in [3.8, 4) is 5.75 Å². The average Bonchev–Trinajstić information content (AvgIpc) is 3.09. The van der Waals surface area contributed by atoms with Crippen LogP contribution >= 0.6 is 0 Å². The van der Waals surface area contributed by atoms with Gasteiger partial charge in [0.15, 0.2) is 0 Å². The van der Waals surface area contributed by atoms with E-state index in [1.54, 1.807) is 0 Å². The summed E-state index contributed by atoms with van der Waals surface area (Å²) in [4.78, 5) is 10.9. The van der Waals surface area contributed by atoms with Gasteiger partial charge in [-0.25, -0.2) is 0 Å². The van der Waals surface area contributed by atoms with Crippen molar-refractivity contribution < 1.29 is 9.53 Å². The number of hydrogen-bond acceptors (Lipinski definition) is 2. The molecule has 2 aromatic heterocycles. The molecule has 28 heavy (non-hydrogen) atoms. The third-order valence-corrected chi connectivity index (χ3v) is 5.46. The van der Waals surface area contributed by atoms with Crippen LogP contribution in [-0.2, 0) is 24.2 Å². The highest BCUT2D eigenvalue weighted by Gasteiger charge is 2.17. The quantitative estimate of drug-likeness (QED) is 0.383. The number of hydrogen-bond donors (Lipinski definition) is 0. The SMILES string of the molecule is CCCC(CCC=O)Cc1c(CC)cc2c(OCc3ccccc3)cccn12. The van der Waals surface area contributed by atoms with Crippen LogP contribution in [0.15, 0.2) is 54.7 Å². The molecule has 0 amide bonds. The monoisotopic (exact) mass is 377 g/mol. The fourth-order valence-corrected chi connectivity index (χ4v) is 4.01. The maximum absolute atomic E-state index is 10.9. The lowest BCUT2D eigenvalue weighted by atomic mass is 9.92. The summed E-state index contributed by atoms with van der Waals surface area (Å²) >= 11 is 0. The minimum Gasteiger partial charge on any atom is -0.487 e. The fraction of sp³-hybridized carbons (Fsp3) is 0.400. The molecule has 3 nitrogen and oxygen atoms in total. The smallest absolute Gasteiger partial charge is 0.143 e. The van der Waals surface area contributed by atoms with E-state index in [1.807, 2.05) is 18.2 Å². The van der Waals surface area contributed by atoms with Crippen LogP contribution in [0, 0.1) is 5.92 Å². The molecule has 0 fully saturated rings. The molecule has 1 unspecified atom stereocenters. The van der Waals surface area contributed by atoms with Crippen molar-refractivity contribution in [1.29, 1.82) is 0 Å². The summed E-state index contributed by atoms with van der Waals surface area (Å²) in [6, 6.07) is 16.7. The Morgan fingerprint density at radius 3 is 2.61 bits per heavy atom. The number of ether oxygens (including phenoxy) is 1. The van der Waals surface area contributed by atoms with E-state index in [1.165, 1.54) is 16.8 Å². The molecule has 0 spiro atoms. The largest absolute Gasteiger partial charge is 0.487 e. The Hall–Kier alpha value is -2.55. The molecule has 3 aromatic rings. The number of aryl methyl sites for hydroxylation is 1. The Morgan fingerprint density at radius 2 is 1.89 bits per heavy atom. The van der Waals surface area contributed by atoms with Crippen LogP contribution in [0.2, 0.25) is 0 Å². The molecular formula is C25H31NO2. The lowest BCUT2D eigenvalue weighted by molar-refractivity contribution is -0.108. The van der Waals surface area contributed by atoms with Crippen LogP contribution < -0.4 is 4.74 Å². The summed E-state index contributed by atoms with van der Waals surface area (Å²) in [5.41, 5.74) is 5.05. The van der Waals surface area contributed by atoms with Crippen molar-refractivity contribution >= 4 is 11.8 Å². The molecule has 0 aliphatic carbocycles. The summed E-state index contributed by atoms with van der Waals surface area (Å²) in [5.74, 6) is 1.47. The van der Waals surface area contributed by atoms with Gasteiger partial charge in [0.25, 0.3) is 0 Å². The predicted octanol–water partition coefficient (Wildman–Crippen LogP) is 6.02. The second-order valence-electron chi connectivity index (χ2n) is 7.47. The minimum atomic E-state index is 0.549. The van der Waals surface area contributed by atoms with Gasteiger partial charge in [-0.05, 0) is 54.5 Å². The first-order valence-electron chi connectivity index (χ1n) is 10.5. The van der Waals surface area contributed by atoms with Crippen molar-refractivity contribution in [2.75, 3.05) is 0 Å². The van der Waals surface area contributed by atoms with Crippen molar-refractivity contribution in [3.05, 3.63) is 71.5 Å². The third-order valence-electron chi connectivity index (χ3n) is 5.46. The Labute approximate surface area is 168 Å². The first-order chi connectivity index (χ1) is 13.8. The Balaban J connectivity index is 1.87. The van der Waals surface area contributed by atoms with Crippen molar-refractivity contribution in [3.63, 3.8) is 0 Å². The molecule has 1 atom stereocenters. The normalized spacial score (nSPS) is 12.2. The van der Waals surface area contributed by atoms with Crippen molar-refractivity contribution in [1.82, 2.24) is 4.40 Å². The number of aldehydes is 1. The molecule has 0 N–H and O–H groups in total. The third kappa shape index (κ3) is 4.83. The number of pyridine rings is 1. The lowest BCUT2D eigenvalue weighted by Crippen LogP contribution is -2.09. The Morgan fingerprint density at radius 1 is 1.07 bits per heavy atom. The van der Waals surface area contributed by atoms with E-state index in [0.717, 1.165) is 49.7 Å². The maximum atomic E-state index is 10.9. The maximum Gasteiger partial charge on any atom is 0.143 e. The zero-order valence-electron chi connectivity index (χ0n) is 17.1. The van der Waals surface area contributed by atoms with Gasteiger partial charge < -0.3 is 13.9 Å². The average molecular weight is 378 g/mol. The fourth-order valence-electron chi connectivity index (χ4n) is 4.01. The number of nitrogens with zero attached hydrogens (tertiary/aromatic N) is 1. The van der Waals surface area contributed by atoms with E-state index < -0.39 is 0 Å². The number of aromatic nitrogens is 1. The molecule has 3 heteroatoms. The van der Waals surface area contributed by atoms with Gasteiger partial charge in [-0.3, -0.25) is 0 Å². The van der Waals surface area contributed by atoms with Crippen LogP contribution in [0.3, 0.4) is 0 Å². The Kier molecular flexibility index (Phi) is 7.30. The number of fused-ring (bicyclic) bond motifs is 1. The van der Waals surface area contributed by atoms with E-state index >= 15 is 0 Å². The van der Waals surface area contributed by atoms with Crippen LogP contribution in [0.1, 0.15) is 56.4 Å². The van der Waals surface area contributed by atoms with Crippen LogP contribution in [0.5, 0.6) is 5.75 Å². The van der Waals surface area contributed by atoms with Crippen LogP contribution in [0.4, 0.5) is 0 Å². The van der Waals surface area contributed by atoms with Gasteiger partial charge in [0, 0.05) is 18.3 Å². The summed E-state index contributed by atoms with van der Waals surface area (Å²) in [5, 5.41) is 0. The topological polar surface area (TPSA) is 30.7 Å². The molecule has 2 heterocycles. The van der Waals surface area contributed by atoms with Gasteiger partial charge in [0.2, 0.25) is 0 Å². The molecule has 3 rings (SSSR count). The van der Waals surface area contributed by atoms with Crippen molar-refractivity contribution in [2.45, 2.75) is 59.0 Å². The van der Waals surface area contributed by atoms with E-state index in [2.05, 4.69) is 54.8 Å². The van der Waals surface area contributed by atoms with Gasteiger partial charge in [-0.1, -0.05) is 57.0 Å². The first-order valence-corrected chi connectivity index (χ1v) is 10.5. The summed E-state index contributed by atoms with van der Waals surface area (Å²) in [7, 11) is 0. The number of rotatable bonds is 11. The molecule has 148 valence electrons. The standard InChI is InChI=1S/C25H31NO2/c1-3-10-20(13-9-16-27)17-23-22(4-2)18-24-25(14-8-15-26(23)24)28-19-21-11-6-5-7-12-21/h5-8,11-12,14-16,18,20H,3-4,9-10,13,17,19H2,1-2H3. The van der Waals surface area contributed by atoms with Crippen LogP contribution in [-0.4, -0.2) is 10.7 Å². The summed E-state index contributed by atoms with van der Waals surface area (Å²) < 4.78 is 8.46. The van der Waals surface area contributed by atoms with E-state index in [4.69, 9.17) is 4.74 Å². The molecule has 1 aromatic carbocycles. The van der Waals surface area contributed by atoms with Gasteiger partial charge in [-0.2, -0.15) is 0 Å². The zero-order chi connectivity index (χ0) is 19.8. The van der Waals surface area contributed by atoms with E-state index in [-0.39, 0.29) is 0 Å². The minimum absolute atomic E-state index is 0.549. The molecule has 0 bridgehead atoms. The van der Waals surface area contributed by atoms with Gasteiger partial charge in [0.05, 0.1) is 5.52 Å². The first kappa shape index (κ1) is 20.2. The Bertz CT molecular complexity index is 882. The number of benzene rings is 1. The van der Waals surface area contributed by atoms with Gasteiger partial charge >= 0.3 is 0 Å². The molecule has 0 saturated heterocycles. The van der Waals surface area contributed by atoms with Gasteiger partial charge in [0.1, 0.15) is 18.6 Å². The van der Waals surface area contributed by atoms with E-state index in [9.17, 15) is 4.79 Å². The van der Waals surface area contributed by atoms with Crippen LogP contribution in [0.25, 0.3) is 5.52 Å². The second-order valence-corrected chi connectivity index (χ2v) is 7.47. The van der Waals surface area contributed by atoms with E-state index in [0.29, 0.717) is 18.9 Å². The number of carbonyl (C=O) groups is 1. The zero-order valence-corrected chi connectivity index (χ0v) is 17.1. The summed E-state index contributed by atoms with van der Waals surface area (Å²) in [6.07, 6.45) is 9.15. The van der Waals surface area contributed by atoms with Crippen molar-refractivity contribution in [2.24, 2.45) is 5.92 Å². The molecule has 0 saturated carbocycles. The predicted molar refractivity (Wildman–Crippen MR) is 115 cm³/mol. The highest BCUT2D eigenvalue weighted by molar-refractivity contribution is 5.64. The second kappa shape index (κ2) is 10.1. The lowest BCUT2D eigenvalue weighted by Gasteiger charge is -2.16. The molecule has 0 radical (unpaired) electrons. The molecular weight excluding hydrogens is 346 g/mol. The molecule has 0 aliphatic heterocycles. The van der Waals surface area contributed by atoms with Gasteiger partial charge in [-0.15, -0.1) is 0 Å². The number of carbonyl (C=O) groups excluding carboxylic acids is 1.